The summed E-state index contributed by atoms with van der Waals surface area (Å²) in [5.41, 5.74) is 5.93. The highest BCUT2D eigenvalue weighted by Crippen LogP contribution is 2.22. The molecule has 2 unspecified atom stereocenters. The number of nitrogens with one attached hydrogen (secondary N) is 1. The maximum Gasteiger partial charge on any atom is 0.221 e. The second kappa shape index (κ2) is 8.54. The number of carbonyl (C=O) groups is 1. The van der Waals surface area contributed by atoms with E-state index in [9.17, 15) is 4.79 Å². The lowest BCUT2D eigenvalue weighted by molar-refractivity contribution is -0.123. The van der Waals surface area contributed by atoms with Gasteiger partial charge in [-0.2, -0.15) is 0 Å². The first kappa shape index (κ1) is 16.4. The fraction of sp³-hybridized carbons (Fsp3) is 0.933. The lowest BCUT2D eigenvalue weighted by Crippen LogP contribution is -2.49. The summed E-state index contributed by atoms with van der Waals surface area (Å²) in [6.45, 7) is 7.90. The number of rotatable bonds is 6. The van der Waals surface area contributed by atoms with Gasteiger partial charge in [0.15, 0.2) is 0 Å². The van der Waals surface area contributed by atoms with Crippen LogP contribution in [-0.2, 0) is 4.79 Å². The van der Waals surface area contributed by atoms with E-state index in [-0.39, 0.29) is 18.0 Å². The minimum atomic E-state index is 0.129. The number of likely N-dealkylation sites (tertiary alicyclic amines) is 1. The Labute approximate surface area is 118 Å². The molecule has 1 saturated heterocycles. The summed E-state index contributed by atoms with van der Waals surface area (Å²) in [6.07, 6.45) is 6.79. The molecule has 0 saturated carbocycles. The SMILES string of the molecule is CCC1CCCCCN1C(CN)CC(=O)NC(C)C. The summed E-state index contributed by atoms with van der Waals surface area (Å²) < 4.78 is 0. The summed E-state index contributed by atoms with van der Waals surface area (Å²) in [6, 6.07) is 1.00. The lowest BCUT2D eigenvalue weighted by atomic mass is 10.0. The van der Waals surface area contributed by atoms with Crippen LogP contribution in [0, 0.1) is 0 Å². The molecule has 19 heavy (non-hydrogen) atoms. The van der Waals surface area contributed by atoms with Crippen molar-refractivity contribution < 1.29 is 4.79 Å². The third-order valence-corrected chi connectivity index (χ3v) is 4.01. The van der Waals surface area contributed by atoms with Gasteiger partial charge in [0.05, 0.1) is 0 Å². The standard InChI is InChI=1S/C15H31N3O/c1-4-13-8-6-5-7-9-18(13)14(11-16)10-15(19)17-12(2)3/h12-14H,4-11,16H2,1-3H3,(H,17,19). The maximum absolute atomic E-state index is 12.0. The molecule has 4 heteroatoms. The normalized spacial score (nSPS) is 23.1. The van der Waals surface area contributed by atoms with Crippen molar-refractivity contribution in [3.8, 4) is 0 Å². The Morgan fingerprint density at radius 2 is 2.11 bits per heavy atom. The number of hydrogen-bond donors (Lipinski definition) is 2. The van der Waals surface area contributed by atoms with Crippen LogP contribution in [0.3, 0.4) is 0 Å². The van der Waals surface area contributed by atoms with E-state index in [4.69, 9.17) is 5.73 Å². The minimum Gasteiger partial charge on any atom is -0.354 e. The highest BCUT2D eigenvalue weighted by Gasteiger charge is 2.27. The van der Waals surface area contributed by atoms with Gasteiger partial charge in [-0.25, -0.2) is 0 Å². The number of nitrogens with two attached hydrogens (primary N) is 1. The molecule has 1 amide bonds. The number of carbonyl (C=O) groups excluding carboxylic acids is 1. The second-order valence-electron chi connectivity index (χ2n) is 5.97. The van der Waals surface area contributed by atoms with Crippen molar-refractivity contribution in [3.63, 3.8) is 0 Å². The van der Waals surface area contributed by atoms with Gasteiger partial charge in [0, 0.05) is 31.1 Å². The van der Waals surface area contributed by atoms with E-state index in [1.54, 1.807) is 0 Å². The molecule has 1 fully saturated rings. The summed E-state index contributed by atoms with van der Waals surface area (Å²) in [5.74, 6) is 0.129. The van der Waals surface area contributed by atoms with Crippen LogP contribution in [0.2, 0.25) is 0 Å². The van der Waals surface area contributed by atoms with Gasteiger partial charge in [0.2, 0.25) is 5.91 Å². The molecule has 112 valence electrons. The number of nitrogens with zero attached hydrogens (tertiary/aromatic N) is 1. The molecule has 0 aromatic rings. The quantitative estimate of drug-likeness (QED) is 0.774. The van der Waals surface area contributed by atoms with Crippen molar-refractivity contribution in [2.75, 3.05) is 13.1 Å². The molecular formula is C15H31N3O. The summed E-state index contributed by atoms with van der Waals surface area (Å²) in [4.78, 5) is 14.4. The zero-order valence-corrected chi connectivity index (χ0v) is 12.8. The van der Waals surface area contributed by atoms with Crippen molar-refractivity contribution in [2.45, 2.75) is 77.4 Å². The van der Waals surface area contributed by atoms with E-state index in [0.29, 0.717) is 19.0 Å². The molecule has 1 rings (SSSR count). The van der Waals surface area contributed by atoms with Crippen molar-refractivity contribution in [2.24, 2.45) is 5.73 Å². The highest BCUT2D eigenvalue weighted by atomic mass is 16.1. The smallest absolute Gasteiger partial charge is 0.221 e. The monoisotopic (exact) mass is 269 g/mol. The van der Waals surface area contributed by atoms with Gasteiger partial charge >= 0.3 is 0 Å². The fourth-order valence-corrected chi connectivity index (χ4v) is 3.05. The van der Waals surface area contributed by atoms with Gasteiger partial charge in [-0.1, -0.05) is 19.8 Å². The van der Waals surface area contributed by atoms with E-state index in [2.05, 4.69) is 17.1 Å². The molecule has 0 spiro atoms. The van der Waals surface area contributed by atoms with E-state index < -0.39 is 0 Å². The Morgan fingerprint density at radius 1 is 1.37 bits per heavy atom. The van der Waals surface area contributed by atoms with E-state index in [0.717, 1.165) is 13.0 Å². The van der Waals surface area contributed by atoms with Crippen LogP contribution in [0.5, 0.6) is 0 Å². The molecule has 2 atom stereocenters. The second-order valence-corrected chi connectivity index (χ2v) is 5.97. The lowest BCUT2D eigenvalue weighted by Gasteiger charge is -2.36. The Balaban J connectivity index is 2.62. The molecule has 0 aromatic heterocycles. The molecule has 1 heterocycles. The van der Waals surface area contributed by atoms with Crippen molar-refractivity contribution in [1.29, 1.82) is 0 Å². The van der Waals surface area contributed by atoms with E-state index in [1.807, 2.05) is 13.8 Å². The fourth-order valence-electron chi connectivity index (χ4n) is 3.05. The van der Waals surface area contributed by atoms with E-state index in [1.165, 1.54) is 25.7 Å². The Hall–Kier alpha value is -0.610. The van der Waals surface area contributed by atoms with Crippen molar-refractivity contribution in [3.05, 3.63) is 0 Å². The molecule has 0 radical (unpaired) electrons. The zero-order valence-electron chi connectivity index (χ0n) is 12.8. The molecular weight excluding hydrogens is 238 g/mol. The first-order valence-electron chi connectivity index (χ1n) is 7.83. The Morgan fingerprint density at radius 3 is 2.68 bits per heavy atom. The Kier molecular flexibility index (Phi) is 7.39. The summed E-state index contributed by atoms with van der Waals surface area (Å²) in [7, 11) is 0. The molecule has 1 aliphatic rings. The van der Waals surface area contributed by atoms with Crippen LogP contribution < -0.4 is 11.1 Å². The predicted octanol–water partition coefficient (Wildman–Crippen LogP) is 1.88. The van der Waals surface area contributed by atoms with Crippen LogP contribution >= 0.6 is 0 Å². The van der Waals surface area contributed by atoms with Gasteiger partial charge in [0.25, 0.3) is 0 Å². The molecule has 0 bridgehead atoms. The highest BCUT2D eigenvalue weighted by molar-refractivity contribution is 5.76. The molecule has 1 aliphatic heterocycles. The predicted molar refractivity (Wildman–Crippen MR) is 80.0 cm³/mol. The molecule has 0 aliphatic carbocycles. The van der Waals surface area contributed by atoms with Crippen LogP contribution in [0.4, 0.5) is 0 Å². The zero-order chi connectivity index (χ0) is 14.3. The summed E-state index contributed by atoms with van der Waals surface area (Å²) in [5, 5.41) is 2.97. The van der Waals surface area contributed by atoms with Crippen LogP contribution in [0.15, 0.2) is 0 Å². The topological polar surface area (TPSA) is 58.4 Å². The van der Waals surface area contributed by atoms with Crippen molar-refractivity contribution >= 4 is 5.91 Å². The minimum absolute atomic E-state index is 0.129. The Bertz CT molecular complexity index is 268. The van der Waals surface area contributed by atoms with Gasteiger partial charge in [-0.15, -0.1) is 0 Å². The van der Waals surface area contributed by atoms with Crippen LogP contribution in [0.25, 0.3) is 0 Å². The van der Waals surface area contributed by atoms with Gasteiger partial charge in [-0.05, 0) is 39.7 Å². The first-order valence-corrected chi connectivity index (χ1v) is 7.83. The van der Waals surface area contributed by atoms with Crippen molar-refractivity contribution in [1.82, 2.24) is 10.2 Å². The number of hydrogen-bond acceptors (Lipinski definition) is 3. The average Bonchev–Trinajstić information content (AvgIpc) is 2.59. The third-order valence-electron chi connectivity index (χ3n) is 4.01. The molecule has 4 nitrogen and oxygen atoms in total. The number of amides is 1. The average molecular weight is 269 g/mol. The van der Waals surface area contributed by atoms with Gasteiger partial charge in [0.1, 0.15) is 0 Å². The molecule has 3 N–H and O–H groups in total. The van der Waals surface area contributed by atoms with Crippen LogP contribution in [0.1, 0.15) is 59.3 Å². The first-order chi connectivity index (χ1) is 9.08. The van der Waals surface area contributed by atoms with Gasteiger partial charge < -0.3 is 11.1 Å². The molecule has 0 aromatic carbocycles. The maximum atomic E-state index is 12.0. The summed E-state index contributed by atoms with van der Waals surface area (Å²) >= 11 is 0. The third kappa shape index (κ3) is 5.49. The largest absolute Gasteiger partial charge is 0.354 e. The van der Waals surface area contributed by atoms with E-state index >= 15 is 0 Å². The van der Waals surface area contributed by atoms with Gasteiger partial charge in [-0.3, -0.25) is 9.69 Å². The van der Waals surface area contributed by atoms with Crippen LogP contribution in [-0.4, -0.2) is 42.0 Å².